The van der Waals surface area contributed by atoms with Crippen LogP contribution in [0.25, 0.3) is 0 Å². The molecule has 112 valence electrons. The first-order chi connectivity index (χ1) is 9.06. The van der Waals surface area contributed by atoms with Gasteiger partial charge in [-0.1, -0.05) is 6.42 Å². The van der Waals surface area contributed by atoms with E-state index in [2.05, 4.69) is 29.6 Å². The van der Waals surface area contributed by atoms with Crippen LogP contribution < -0.4 is 10.7 Å². The highest BCUT2D eigenvalue weighted by Crippen LogP contribution is 2.20. The lowest BCUT2D eigenvalue weighted by Gasteiger charge is -2.40. The molecule has 0 aliphatic carbocycles. The van der Waals surface area contributed by atoms with Crippen molar-refractivity contribution in [1.82, 2.24) is 15.8 Å². The molecule has 0 saturated carbocycles. The van der Waals surface area contributed by atoms with Crippen LogP contribution in [-0.4, -0.2) is 49.3 Å². The third-order valence-corrected chi connectivity index (χ3v) is 3.75. The topological polar surface area (TPSA) is 53.6 Å². The van der Waals surface area contributed by atoms with Gasteiger partial charge in [-0.15, -0.1) is 0 Å². The molecule has 19 heavy (non-hydrogen) atoms. The average molecular weight is 271 g/mol. The molecule has 5 nitrogen and oxygen atoms in total. The molecule has 0 spiro atoms. The molecule has 0 radical (unpaired) electrons. The molecule has 1 amide bonds. The van der Waals surface area contributed by atoms with Gasteiger partial charge >= 0.3 is 0 Å². The molecule has 3 unspecified atom stereocenters. The summed E-state index contributed by atoms with van der Waals surface area (Å²) in [5, 5.41) is 5.17. The molecule has 1 saturated heterocycles. The van der Waals surface area contributed by atoms with Crippen LogP contribution in [0.4, 0.5) is 0 Å². The highest BCUT2D eigenvalue weighted by atomic mass is 16.5. The molecule has 2 N–H and O–H groups in total. The van der Waals surface area contributed by atoms with Gasteiger partial charge in [0.05, 0.1) is 6.04 Å². The van der Waals surface area contributed by atoms with E-state index in [0.717, 1.165) is 6.42 Å². The molecule has 1 aliphatic heterocycles. The fourth-order valence-corrected chi connectivity index (χ4v) is 2.54. The van der Waals surface area contributed by atoms with Gasteiger partial charge in [-0.25, -0.2) is 10.4 Å². The van der Waals surface area contributed by atoms with Crippen LogP contribution in [0, 0.1) is 0 Å². The van der Waals surface area contributed by atoms with Crippen molar-refractivity contribution in [3.05, 3.63) is 0 Å². The number of hydrazine groups is 1. The summed E-state index contributed by atoms with van der Waals surface area (Å²) in [6.45, 7) is 7.70. The van der Waals surface area contributed by atoms with E-state index in [9.17, 15) is 4.79 Å². The fraction of sp³-hybridized carbons (Fsp3) is 0.929. The van der Waals surface area contributed by atoms with E-state index in [1.807, 2.05) is 6.92 Å². The van der Waals surface area contributed by atoms with E-state index >= 15 is 0 Å². The van der Waals surface area contributed by atoms with Gasteiger partial charge in [0, 0.05) is 32.3 Å². The number of ether oxygens (including phenoxy) is 1. The van der Waals surface area contributed by atoms with Gasteiger partial charge in [0.25, 0.3) is 0 Å². The first kappa shape index (κ1) is 16.4. The quantitative estimate of drug-likeness (QED) is 0.685. The van der Waals surface area contributed by atoms with Crippen molar-refractivity contribution in [2.75, 3.05) is 20.3 Å². The van der Waals surface area contributed by atoms with Crippen molar-refractivity contribution in [3.63, 3.8) is 0 Å². The van der Waals surface area contributed by atoms with E-state index in [1.165, 1.54) is 19.3 Å². The monoisotopic (exact) mass is 271 g/mol. The zero-order chi connectivity index (χ0) is 14.3. The maximum absolute atomic E-state index is 12.0. The Bertz CT molecular complexity index is 263. The second-order valence-electron chi connectivity index (χ2n) is 5.52. The van der Waals surface area contributed by atoms with Gasteiger partial charge in [-0.05, 0) is 40.0 Å². The molecule has 0 bridgehead atoms. The number of hydrogen-bond donors (Lipinski definition) is 2. The molecule has 3 atom stereocenters. The number of nitrogens with zero attached hydrogens (tertiary/aromatic N) is 1. The van der Waals surface area contributed by atoms with Crippen LogP contribution in [0.1, 0.15) is 46.5 Å². The zero-order valence-electron chi connectivity index (χ0n) is 12.7. The summed E-state index contributed by atoms with van der Waals surface area (Å²) >= 11 is 0. The molecular weight excluding hydrogens is 242 g/mol. The van der Waals surface area contributed by atoms with Crippen molar-refractivity contribution in [1.29, 1.82) is 0 Å². The van der Waals surface area contributed by atoms with Gasteiger partial charge in [0.2, 0.25) is 5.91 Å². The van der Waals surface area contributed by atoms with Gasteiger partial charge in [0.1, 0.15) is 0 Å². The van der Waals surface area contributed by atoms with E-state index < -0.39 is 0 Å². The summed E-state index contributed by atoms with van der Waals surface area (Å²) in [5.74, 6) is 0.0566. The molecule has 0 aromatic rings. The number of rotatable bonds is 7. The summed E-state index contributed by atoms with van der Waals surface area (Å²) < 4.78 is 4.96. The minimum Gasteiger partial charge on any atom is -0.385 e. The lowest BCUT2D eigenvalue weighted by molar-refractivity contribution is -0.125. The van der Waals surface area contributed by atoms with Crippen molar-refractivity contribution in [2.45, 2.75) is 64.6 Å². The second-order valence-corrected chi connectivity index (χ2v) is 5.52. The molecule has 1 aliphatic rings. The van der Waals surface area contributed by atoms with Gasteiger partial charge < -0.3 is 10.1 Å². The van der Waals surface area contributed by atoms with Crippen LogP contribution in [0.3, 0.4) is 0 Å². The predicted molar refractivity (Wildman–Crippen MR) is 76.7 cm³/mol. The number of carbonyl (C=O) groups excluding carboxylic acids is 1. The van der Waals surface area contributed by atoms with Crippen LogP contribution >= 0.6 is 0 Å². The Morgan fingerprint density at radius 2 is 2.00 bits per heavy atom. The molecule has 1 fully saturated rings. The molecule has 1 heterocycles. The number of carbonyl (C=O) groups is 1. The molecular formula is C14H29N3O2. The van der Waals surface area contributed by atoms with Crippen LogP contribution in [0.15, 0.2) is 0 Å². The summed E-state index contributed by atoms with van der Waals surface area (Å²) in [5.41, 5.74) is 3.35. The van der Waals surface area contributed by atoms with Crippen LogP contribution in [-0.2, 0) is 9.53 Å². The summed E-state index contributed by atoms with van der Waals surface area (Å²) in [6.07, 6.45) is 4.52. The standard InChI is InChI=1S/C14H29N3O2/c1-11-7-5-8-12(2)17(11)16-13(3)14(18)15-9-6-10-19-4/h11-13,16H,5-10H2,1-4H3,(H,15,18). The fourth-order valence-electron chi connectivity index (χ4n) is 2.54. The second kappa shape index (κ2) is 8.51. The van der Waals surface area contributed by atoms with Gasteiger partial charge in [-0.2, -0.15) is 0 Å². The van der Waals surface area contributed by atoms with Crippen molar-refractivity contribution in [3.8, 4) is 0 Å². The van der Waals surface area contributed by atoms with Crippen molar-refractivity contribution < 1.29 is 9.53 Å². The average Bonchev–Trinajstić information content (AvgIpc) is 2.38. The number of hydrogen-bond acceptors (Lipinski definition) is 4. The Hall–Kier alpha value is -0.650. The molecule has 5 heteroatoms. The highest BCUT2D eigenvalue weighted by molar-refractivity contribution is 5.81. The Balaban J connectivity index is 2.31. The van der Waals surface area contributed by atoms with Crippen LogP contribution in [0.2, 0.25) is 0 Å². The van der Waals surface area contributed by atoms with E-state index in [4.69, 9.17) is 4.74 Å². The van der Waals surface area contributed by atoms with Gasteiger partial charge in [-0.3, -0.25) is 4.79 Å². The Morgan fingerprint density at radius 1 is 1.37 bits per heavy atom. The normalized spacial score (nSPS) is 26.1. The lowest BCUT2D eigenvalue weighted by Crippen LogP contribution is -2.58. The maximum Gasteiger partial charge on any atom is 0.238 e. The third kappa shape index (κ3) is 5.47. The van der Waals surface area contributed by atoms with Crippen LogP contribution in [0.5, 0.6) is 0 Å². The predicted octanol–water partition coefficient (Wildman–Crippen LogP) is 1.30. The minimum absolute atomic E-state index is 0.0566. The van der Waals surface area contributed by atoms with E-state index in [1.54, 1.807) is 7.11 Å². The number of amides is 1. The van der Waals surface area contributed by atoms with E-state index in [-0.39, 0.29) is 11.9 Å². The molecule has 0 aromatic heterocycles. The Labute approximate surface area is 117 Å². The van der Waals surface area contributed by atoms with Gasteiger partial charge in [0.15, 0.2) is 0 Å². The Kier molecular flexibility index (Phi) is 7.34. The maximum atomic E-state index is 12.0. The number of piperidine rings is 1. The summed E-state index contributed by atoms with van der Waals surface area (Å²) in [6, 6.07) is 0.797. The SMILES string of the molecule is COCCCNC(=O)C(C)NN1C(C)CCCC1C. The first-order valence-electron chi connectivity index (χ1n) is 7.37. The molecule has 1 rings (SSSR count). The largest absolute Gasteiger partial charge is 0.385 e. The first-order valence-corrected chi connectivity index (χ1v) is 7.37. The third-order valence-electron chi connectivity index (χ3n) is 3.75. The minimum atomic E-state index is -0.189. The van der Waals surface area contributed by atoms with Crippen molar-refractivity contribution >= 4 is 5.91 Å². The zero-order valence-corrected chi connectivity index (χ0v) is 12.7. The summed E-state index contributed by atoms with van der Waals surface area (Å²) in [4.78, 5) is 12.0. The van der Waals surface area contributed by atoms with E-state index in [0.29, 0.717) is 25.2 Å². The molecule has 0 aromatic carbocycles. The lowest BCUT2D eigenvalue weighted by atomic mass is 10.00. The summed E-state index contributed by atoms with van der Waals surface area (Å²) in [7, 11) is 1.67. The Morgan fingerprint density at radius 3 is 2.58 bits per heavy atom. The smallest absolute Gasteiger partial charge is 0.238 e. The number of methoxy groups -OCH3 is 1. The van der Waals surface area contributed by atoms with Crippen molar-refractivity contribution in [2.24, 2.45) is 0 Å². The highest BCUT2D eigenvalue weighted by Gasteiger charge is 2.27. The number of nitrogens with one attached hydrogen (secondary N) is 2.